The highest BCUT2D eigenvalue weighted by Crippen LogP contribution is 2.10. The number of nitrogens with one attached hydrogen (secondary N) is 1. The highest BCUT2D eigenvalue weighted by Gasteiger charge is 2.05. The van der Waals surface area contributed by atoms with Gasteiger partial charge in [-0.15, -0.1) is 0 Å². The maximum Gasteiger partial charge on any atom is 0.0914 e. The molecule has 96 valence electrons. The summed E-state index contributed by atoms with van der Waals surface area (Å²) >= 11 is 0. The molecule has 0 saturated carbocycles. The summed E-state index contributed by atoms with van der Waals surface area (Å²) in [6.07, 6.45) is -0.443. The second-order valence-corrected chi connectivity index (χ2v) is 4.60. The molecule has 17 heavy (non-hydrogen) atoms. The lowest BCUT2D eigenvalue weighted by molar-refractivity contribution is 0.107. The van der Waals surface area contributed by atoms with Crippen LogP contribution in [0, 0.1) is 5.92 Å². The Bertz CT molecular complexity index is 288. The van der Waals surface area contributed by atoms with Crippen LogP contribution in [0.15, 0.2) is 30.3 Å². The third kappa shape index (κ3) is 6.41. The summed E-state index contributed by atoms with van der Waals surface area (Å²) in [6, 6.07) is 9.68. The number of benzene rings is 1. The Kier molecular flexibility index (Phi) is 6.86. The fraction of sp³-hybridized carbons (Fsp3) is 0.571. The van der Waals surface area contributed by atoms with Crippen molar-refractivity contribution in [2.75, 3.05) is 26.3 Å². The first-order valence-electron chi connectivity index (χ1n) is 6.21. The van der Waals surface area contributed by atoms with Gasteiger partial charge in [-0.25, -0.2) is 0 Å². The van der Waals surface area contributed by atoms with Crippen molar-refractivity contribution in [3.8, 4) is 0 Å². The molecule has 0 aliphatic carbocycles. The number of rotatable bonds is 8. The topological polar surface area (TPSA) is 41.5 Å². The Morgan fingerprint density at radius 1 is 1.24 bits per heavy atom. The van der Waals surface area contributed by atoms with Crippen molar-refractivity contribution in [3.05, 3.63) is 35.9 Å². The zero-order valence-corrected chi connectivity index (χ0v) is 10.7. The van der Waals surface area contributed by atoms with E-state index in [1.807, 2.05) is 30.3 Å². The molecule has 0 amide bonds. The van der Waals surface area contributed by atoms with Gasteiger partial charge in [-0.1, -0.05) is 44.2 Å². The Morgan fingerprint density at radius 2 is 1.94 bits per heavy atom. The molecule has 0 heterocycles. The molecular weight excluding hydrogens is 214 g/mol. The molecule has 1 unspecified atom stereocenters. The van der Waals surface area contributed by atoms with Crippen LogP contribution in [0.4, 0.5) is 0 Å². The maximum atomic E-state index is 9.86. The first-order chi connectivity index (χ1) is 8.20. The summed E-state index contributed by atoms with van der Waals surface area (Å²) in [5.74, 6) is 0.574. The van der Waals surface area contributed by atoms with E-state index < -0.39 is 6.10 Å². The summed E-state index contributed by atoms with van der Waals surface area (Å²) in [7, 11) is 0. The Balaban J connectivity index is 2.07. The third-order valence-corrected chi connectivity index (χ3v) is 2.40. The van der Waals surface area contributed by atoms with Gasteiger partial charge in [0.25, 0.3) is 0 Å². The average molecular weight is 237 g/mol. The number of hydrogen-bond donors (Lipinski definition) is 2. The molecule has 3 heteroatoms. The highest BCUT2D eigenvalue weighted by atomic mass is 16.5. The van der Waals surface area contributed by atoms with Crippen LogP contribution in [0.3, 0.4) is 0 Å². The highest BCUT2D eigenvalue weighted by molar-refractivity contribution is 5.17. The number of ether oxygens (including phenoxy) is 1. The molecule has 0 aliphatic rings. The van der Waals surface area contributed by atoms with Gasteiger partial charge in [0.05, 0.1) is 12.7 Å². The molecule has 0 aromatic heterocycles. The zero-order chi connectivity index (χ0) is 12.5. The second-order valence-electron chi connectivity index (χ2n) is 4.60. The van der Waals surface area contributed by atoms with Crippen molar-refractivity contribution >= 4 is 0 Å². The van der Waals surface area contributed by atoms with Gasteiger partial charge in [-0.05, 0) is 11.5 Å². The van der Waals surface area contributed by atoms with Gasteiger partial charge in [0, 0.05) is 19.7 Å². The summed E-state index contributed by atoms with van der Waals surface area (Å²) in [5.41, 5.74) is 0.947. The van der Waals surface area contributed by atoms with Crippen LogP contribution >= 0.6 is 0 Å². The Hall–Kier alpha value is -0.900. The molecule has 0 fully saturated rings. The first kappa shape index (κ1) is 14.2. The van der Waals surface area contributed by atoms with Gasteiger partial charge in [0.1, 0.15) is 0 Å². The molecule has 1 rings (SSSR count). The quantitative estimate of drug-likeness (QED) is 0.679. The molecule has 0 bridgehead atoms. The molecule has 1 atom stereocenters. The van der Waals surface area contributed by atoms with Crippen molar-refractivity contribution in [3.63, 3.8) is 0 Å². The summed E-state index contributed by atoms with van der Waals surface area (Å²) in [4.78, 5) is 0. The van der Waals surface area contributed by atoms with E-state index in [0.29, 0.717) is 19.1 Å². The van der Waals surface area contributed by atoms with Gasteiger partial charge in [-0.3, -0.25) is 0 Å². The lowest BCUT2D eigenvalue weighted by Crippen LogP contribution is -2.25. The number of aliphatic hydroxyl groups excluding tert-OH is 1. The summed E-state index contributed by atoms with van der Waals surface area (Å²) in [5, 5.41) is 13.0. The Morgan fingerprint density at radius 3 is 2.59 bits per heavy atom. The standard InChI is InChI=1S/C14H23NO2/c1-12(2)11-17-9-8-15-10-14(16)13-6-4-3-5-7-13/h3-7,12,14-16H,8-11H2,1-2H3. The summed E-state index contributed by atoms with van der Waals surface area (Å²) < 4.78 is 5.44. The monoisotopic (exact) mass is 237 g/mol. The lowest BCUT2D eigenvalue weighted by atomic mass is 10.1. The zero-order valence-electron chi connectivity index (χ0n) is 10.7. The maximum absolute atomic E-state index is 9.86. The van der Waals surface area contributed by atoms with Gasteiger partial charge in [-0.2, -0.15) is 0 Å². The van der Waals surface area contributed by atoms with E-state index in [4.69, 9.17) is 4.74 Å². The molecule has 1 aromatic carbocycles. The normalized spacial score (nSPS) is 12.9. The van der Waals surface area contributed by atoms with E-state index in [9.17, 15) is 5.11 Å². The number of aliphatic hydroxyl groups is 1. The van der Waals surface area contributed by atoms with Gasteiger partial charge in [0.15, 0.2) is 0 Å². The van der Waals surface area contributed by atoms with Gasteiger partial charge >= 0.3 is 0 Å². The van der Waals surface area contributed by atoms with Gasteiger partial charge in [0.2, 0.25) is 0 Å². The largest absolute Gasteiger partial charge is 0.387 e. The van der Waals surface area contributed by atoms with Gasteiger partial charge < -0.3 is 15.2 Å². The SMILES string of the molecule is CC(C)COCCNCC(O)c1ccccc1. The fourth-order valence-electron chi connectivity index (χ4n) is 1.50. The van der Waals surface area contributed by atoms with E-state index in [-0.39, 0.29) is 0 Å². The van der Waals surface area contributed by atoms with Crippen molar-refractivity contribution in [2.24, 2.45) is 5.92 Å². The van der Waals surface area contributed by atoms with Crippen molar-refractivity contribution in [1.82, 2.24) is 5.32 Å². The molecule has 1 aromatic rings. The molecular formula is C14H23NO2. The van der Waals surface area contributed by atoms with E-state index in [0.717, 1.165) is 18.7 Å². The van der Waals surface area contributed by atoms with Crippen LogP contribution < -0.4 is 5.32 Å². The van der Waals surface area contributed by atoms with Crippen molar-refractivity contribution in [1.29, 1.82) is 0 Å². The Labute approximate surface area is 104 Å². The van der Waals surface area contributed by atoms with Crippen LogP contribution in [-0.2, 0) is 4.74 Å². The van der Waals surface area contributed by atoms with Crippen LogP contribution in [0.1, 0.15) is 25.5 Å². The van der Waals surface area contributed by atoms with E-state index >= 15 is 0 Å². The minimum Gasteiger partial charge on any atom is -0.387 e. The van der Waals surface area contributed by atoms with E-state index in [2.05, 4.69) is 19.2 Å². The van der Waals surface area contributed by atoms with E-state index in [1.54, 1.807) is 0 Å². The predicted octanol–water partition coefficient (Wildman–Crippen LogP) is 1.98. The molecule has 2 N–H and O–H groups in total. The minimum atomic E-state index is -0.443. The molecule has 0 saturated heterocycles. The molecule has 0 radical (unpaired) electrons. The third-order valence-electron chi connectivity index (χ3n) is 2.40. The number of hydrogen-bond acceptors (Lipinski definition) is 3. The molecule has 0 spiro atoms. The smallest absolute Gasteiger partial charge is 0.0914 e. The van der Waals surface area contributed by atoms with Crippen molar-refractivity contribution in [2.45, 2.75) is 20.0 Å². The summed E-state index contributed by atoms with van der Waals surface area (Å²) in [6.45, 7) is 7.09. The molecule has 0 aliphatic heterocycles. The van der Waals surface area contributed by atoms with E-state index in [1.165, 1.54) is 0 Å². The average Bonchev–Trinajstić information content (AvgIpc) is 2.34. The van der Waals surface area contributed by atoms with Crippen LogP contribution in [0.2, 0.25) is 0 Å². The molecule has 3 nitrogen and oxygen atoms in total. The predicted molar refractivity (Wildman–Crippen MR) is 69.9 cm³/mol. The fourth-order valence-corrected chi connectivity index (χ4v) is 1.50. The minimum absolute atomic E-state index is 0.443. The van der Waals surface area contributed by atoms with Crippen LogP contribution in [0.5, 0.6) is 0 Å². The first-order valence-corrected chi connectivity index (χ1v) is 6.21. The lowest BCUT2D eigenvalue weighted by Gasteiger charge is -2.12. The van der Waals surface area contributed by atoms with Crippen LogP contribution in [0.25, 0.3) is 0 Å². The van der Waals surface area contributed by atoms with Crippen LogP contribution in [-0.4, -0.2) is 31.4 Å². The van der Waals surface area contributed by atoms with Crippen molar-refractivity contribution < 1.29 is 9.84 Å². The second kappa shape index (κ2) is 8.23.